The van der Waals surface area contributed by atoms with E-state index in [1.54, 1.807) is 38.5 Å². The van der Waals surface area contributed by atoms with Crippen LogP contribution in [0.3, 0.4) is 0 Å². The van der Waals surface area contributed by atoms with Crippen LogP contribution in [-0.4, -0.2) is 54.4 Å². The number of piperidine rings is 1. The summed E-state index contributed by atoms with van der Waals surface area (Å²) in [6.07, 6.45) is 3.07. The van der Waals surface area contributed by atoms with Crippen molar-refractivity contribution in [1.29, 1.82) is 0 Å². The molecule has 1 fully saturated rings. The second kappa shape index (κ2) is 9.10. The molecule has 1 N–H and O–H groups in total. The first-order valence-corrected chi connectivity index (χ1v) is 9.30. The SMILES string of the molecule is COC[C@H]1CCCCN1C(=O)c1cc(COc2ccc(OC)cc2Cl)[nH]n1. The van der Waals surface area contributed by atoms with Gasteiger partial charge in [-0.1, -0.05) is 11.6 Å². The van der Waals surface area contributed by atoms with E-state index in [4.69, 9.17) is 25.8 Å². The predicted octanol–water partition coefficient (Wildman–Crippen LogP) is 3.29. The highest BCUT2D eigenvalue weighted by molar-refractivity contribution is 6.32. The molecular weight excluding hydrogens is 370 g/mol. The van der Waals surface area contributed by atoms with E-state index >= 15 is 0 Å². The summed E-state index contributed by atoms with van der Waals surface area (Å²) in [6, 6.07) is 7.02. The van der Waals surface area contributed by atoms with Crippen molar-refractivity contribution in [3.63, 3.8) is 0 Å². The van der Waals surface area contributed by atoms with Crippen molar-refractivity contribution in [1.82, 2.24) is 15.1 Å². The van der Waals surface area contributed by atoms with Gasteiger partial charge in [0.1, 0.15) is 18.1 Å². The molecule has 0 bridgehead atoms. The average molecular weight is 394 g/mol. The number of H-pyrrole nitrogens is 1. The Morgan fingerprint density at radius 3 is 2.93 bits per heavy atom. The molecule has 1 saturated heterocycles. The molecule has 0 spiro atoms. The molecule has 8 heteroatoms. The van der Waals surface area contributed by atoms with Crippen LogP contribution in [0.4, 0.5) is 0 Å². The maximum Gasteiger partial charge on any atom is 0.274 e. The fourth-order valence-electron chi connectivity index (χ4n) is 3.21. The van der Waals surface area contributed by atoms with Gasteiger partial charge in [-0.05, 0) is 37.5 Å². The van der Waals surface area contributed by atoms with Crippen LogP contribution in [0.15, 0.2) is 24.3 Å². The number of amides is 1. The fourth-order valence-corrected chi connectivity index (χ4v) is 3.43. The highest BCUT2D eigenvalue weighted by Gasteiger charge is 2.28. The van der Waals surface area contributed by atoms with Crippen molar-refractivity contribution in [3.05, 3.63) is 40.7 Å². The highest BCUT2D eigenvalue weighted by Crippen LogP contribution is 2.29. The predicted molar refractivity (Wildman–Crippen MR) is 101 cm³/mol. The van der Waals surface area contributed by atoms with Crippen molar-refractivity contribution >= 4 is 17.5 Å². The summed E-state index contributed by atoms with van der Waals surface area (Å²) in [5, 5.41) is 7.48. The Labute approximate surface area is 163 Å². The molecule has 1 aromatic heterocycles. The van der Waals surface area contributed by atoms with E-state index in [2.05, 4.69) is 10.2 Å². The Balaban J connectivity index is 1.63. The van der Waals surface area contributed by atoms with Crippen molar-refractivity contribution in [2.75, 3.05) is 27.4 Å². The van der Waals surface area contributed by atoms with Gasteiger partial charge in [0.25, 0.3) is 5.91 Å². The molecular formula is C19H24ClN3O4. The normalized spacial score (nSPS) is 17.0. The largest absolute Gasteiger partial charge is 0.497 e. The number of aromatic nitrogens is 2. The first-order valence-electron chi connectivity index (χ1n) is 8.93. The number of carbonyl (C=O) groups is 1. The molecule has 0 unspecified atom stereocenters. The first kappa shape index (κ1) is 19.5. The molecule has 1 aliphatic rings. The summed E-state index contributed by atoms with van der Waals surface area (Å²) < 4.78 is 16.1. The quantitative estimate of drug-likeness (QED) is 0.781. The zero-order valence-electron chi connectivity index (χ0n) is 15.5. The Kier molecular flexibility index (Phi) is 6.58. The Hall–Kier alpha value is -2.25. The van der Waals surface area contributed by atoms with Crippen LogP contribution in [0, 0.1) is 0 Å². The first-order chi connectivity index (χ1) is 13.1. The number of rotatable bonds is 7. The molecule has 1 aromatic carbocycles. The van der Waals surface area contributed by atoms with Gasteiger partial charge < -0.3 is 19.1 Å². The Morgan fingerprint density at radius 2 is 2.19 bits per heavy atom. The maximum absolute atomic E-state index is 12.8. The number of methoxy groups -OCH3 is 2. The minimum Gasteiger partial charge on any atom is -0.497 e. The summed E-state index contributed by atoms with van der Waals surface area (Å²) in [4.78, 5) is 14.7. The van der Waals surface area contributed by atoms with E-state index in [-0.39, 0.29) is 18.6 Å². The number of nitrogens with zero attached hydrogens (tertiary/aromatic N) is 2. The number of carbonyl (C=O) groups excluding carboxylic acids is 1. The molecule has 1 aliphatic heterocycles. The fraction of sp³-hybridized carbons (Fsp3) is 0.474. The van der Waals surface area contributed by atoms with E-state index in [0.29, 0.717) is 34.5 Å². The third kappa shape index (κ3) is 4.73. The lowest BCUT2D eigenvalue weighted by Gasteiger charge is -2.34. The smallest absolute Gasteiger partial charge is 0.274 e. The van der Waals surface area contributed by atoms with Gasteiger partial charge in [-0.25, -0.2) is 0 Å². The van der Waals surface area contributed by atoms with Crippen molar-refractivity contribution in [2.24, 2.45) is 0 Å². The summed E-state index contributed by atoms with van der Waals surface area (Å²) in [5.41, 5.74) is 1.09. The second-order valence-electron chi connectivity index (χ2n) is 6.47. The van der Waals surface area contributed by atoms with Crippen LogP contribution in [-0.2, 0) is 11.3 Å². The van der Waals surface area contributed by atoms with Gasteiger partial charge in [0.05, 0.1) is 30.5 Å². The van der Waals surface area contributed by atoms with Crippen molar-refractivity contribution in [2.45, 2.75) is 31.9 Å². The zero-order valence-corrected chi connectivity index (χ0v) is 16.3. The zero-order chi connectivity index (χ0) is 19.2. The molecule has 3 rings (SSSR count). The summed E-state index contributed by atoms with van der Waals surface area (Å²) in [5.74, 6) is 1.12. The monoisotopic (exact) mass is 393 g/mol. The van der Waals surface area contributed by atoms with Gasteiger partial charge in [-0.3, -0.25) is 9.89 Å². The van der Waals surface area contributed by atoms with Gasteiger partial charge in [0.15, 0.2) is 5.69 Å². The van der Waals surface area contributed by atoms with Crippen LogP contribution in [0.25, 0.3) is 0 Å². The molecule has 7 nitrogen and oxygen atoms in total. The van der Waals surface area contributed by atoms with E-state index in [0.717, 1.165) is 25.8 Å². The molecule has 0 aliphatic carbocycles. The third-order valence-electron chi connectivity index (χ3n) is 4.62. The van der Waals surface area contributed by atoms with Gasteiger partial charge in [0, 0.05) is 19.7 Å². The van der Waals surface area contributed by atoms with E-state index in [9.17, 15) is 4.79 Å². The van der Waals surface area contributed by atoms with Crippen LogP contribution >= 0.6 is 11.6 Å². The number of halogens is 1. The summed E-state index contributed by atoms with van der Waals surface area (Å²) in [6.45, 7) is 1.50. The summed E-state index contributed by atoms with van der Waals surface area (Å²) >= 11 is 6.17. The summed E-state index contributed by atoms with van der Waals surface area (Å²) in [7, 11) is 3.24. The number of nitrogens with one attached hydrogen (secondary N) is 1. The molecule has 0 saturated carbocycles. The molecule has 2 aromatic rings. The lowest BCUT2D eigenvalue weighted by molar-refractivity contribution is 0.0423. The molecule has 1 amide bonds. The van der Waals surface area contributed by atoms with Gasteiger partial charge >= 0.3 is 0 Å². The lowest BCUT2D eigenvalue weighted by atomic mass is 10.0. The van der Waals surface area contributed by atoms with Crippen LogP contribution in [0.5, 0.6) is 11.5 Å². The number of hydrogen-bond acceptors (Lipinski definition) is 5. The minimum absolute atomic E-state index is 0.0817. The van der Waals surface area contributed by atoms with Crippen LogP contribution in [0.1, 0.15) is 35.4 Å². The second-order valence-corrected chi connectivity index (χ2v) is 6.87. The topological polar surface area (TPSA) is 76.7 Å². The van der Waals surface area contributed by atoms with Crippen molar-refractivity contribution < 1.29 is 19.0 Å². The highest BCUT2D eigenvalue weighted by atomic mass is 35.5. The van der Waals surface area contributed by atoms with Gasteiger partial charge in [-0.2, -0.15) is 5.10 Å². The van der Waals surface area contributed by atoms with Crippen molar-refractivity contribution in [3.8, 4) is 11.5 Å². The average Bonchev–Trinajstić information content (AvgIpc) is 3.16. The molecule has 1 atom stereocenters. The number of benzene rings is 1. The lowest BCUT2D eigenvalue weighted by Crippen LogP contribution is -2.46. The van der Waals surface area contributed by atoms with E-state index in [1.165, 1.54) is 0 Å². The molecule has 0 radical (unpaired) electrons. The van der Waals surface area contributed by atoms with E-state index in [1.807, 2.05) is 4.90 Å². The Morgan fingerprint density at radius 1 is 1.33 bits per heavy atom. The number of hydrogen-bond donors (Lipinski definition) is 1. The maximum atomic E-state index is 12.8. The Bertz CT molecular complexity index is 778. The number of aromatic amines is 1. The number of ether oxygens (including phenoxy) is 3. The van der Waals surface area contributed by atoms with Crippen LogP contribution < -0.4 is 9.47 Å². The van der Waals surface area contributed by atoms with Gasteiger partial charge in [-0.15, -0.1) is 0 Å². The molecule has 146 valence electrons. The standard InChI is InChI=1S/C19H24ClN3O4/c1-25-12-14-5-3-4-8-23(14)19(24)17-9-13(21-22-17)11-27-18-7-6-15(26-2)10-16(18)20/h6-7,9-10,14H,3-5,8,11-12H2,1-2H3,(H,21,22)/t14-/m1/s1. The van der Waals surface area contributed by atoms with Gasteiger partial charge in [0.2, 0.25) is 0 Å². The number of likely N-dealkylation sites (tertiary alicyclic amines) is 1. The van der Waals surface area contributed by atoms with Crippen LogP contribution in [0.2, 0.25) is 5.02 Å². The minimum atomic E-state index is -0.0817. The molecule has 2 heterocycles. The van der Waals surface area contributed by atoms with E-state index < -0.39 is 0 Å². The molecule has 27 heavy (non-hydrogen) atoms. The third-order valence-corrected chi connectivity index (χ3v) is 4.91.